The summed E-state index contributed by atoms with van der Waals surface area (Å²) in [5, 5.41) is 31.2. The van der Waals surface area contributed by atoms with Crippen molar-refractivity contribution in [2.45, 2.75) is 19.4 Å². The molecule has 0 bridgehead atoms. The number of aliphatic carboxylic acids is 4. The minimum atomic E-state index is -1.26. The summed E-state index contributed by atoms with van der Waals surface area (Å²) < 4.78 is 0. The average molecular weight is 556 g/mol. The van der Waals surface area contributed by atoms with Crippen LogP contribution in [0, 0.1) is 0 Å². The summed E-state index contributed by atoms with van der Waals surface area (Å²) in [6, 6.07) is 19.6. The molecule has 6 N–H and O–H groups in total. The number of benzene rings is 2. The molecule has 1 atom stereocenters. The first-order valence-corrected chi connectivity index (χ1v) is 12.1. The van der Waals surface area contributed by atoms with E-state index in [0.717, 1.165) is 26.1 Å². The summed E-state index contributed by atoms with van der Waals surface area (Å²) >= 11 is 0. The van der Waals surface area contributed by atoms with Crippen LogP contribution in [0.15, 0.2) is 78.9 Å². The number of nitrogens with two attached hydrogens (primary N) is 1. The molecule has 214 valence electrons. The number of rotatable bonds is 9. The molecule has 1 fully saturated rings. The molecule has 0 saturated carbocycles. The number of nitrogens with zero attached hydrogens (tertiary/aromatic N) is 2. The molecule has 3 rings (SSSR count). The third-order valence-electron chi connectivity index (χ3n) is 5.37. The summed E-state index contributed by atoms with van der Waals surface area (Å²) in [4.78, 5) is 54.0. The number of carbonyl (C=O) groups excluding carboxylic acids is 1. The molecule has 0 aliphatic carbocycles. The SMILES string of the molecule is CC1CN(CC(N)=O)CCN1c1ccccc1Cc1ccccc1.O=C(O)/C=C/C(=O)O.O=C(O)/C=C/C(=O)O. The lowest BCUT2D eigenvalue weighted by Gasteiger charge is -2.41. The number of anilines is 1. The summed E-state index contributed by atoms with van der Waals surface area (Å²) in [6.45, 7) is 5.21. The largest absolute Gasteiger partial charge is 0.478 e. The molecule has 1 saturated heterocycles. The lowest BCUT2D eigenvalue weighted by Crippen LogP contribution is -2.53. The van der Waals surface area contributed by atoms with E-state index in [4.69, 9.17) is 26.2 Å². The molecule has 1 heterocycles. The Labute approximate surface area is 231 Å². The van der Waals surface area contributed by atoms with Crippen molar-refractivity contribution in [2.75, 3.05) is 31.1 Å². The number of hydrogen-bond acceptors (Lipinski definition) is 7. The van der Waals surface area contributed by atoms with Gasteiger partial charge < -0.3 is 31.1 Å². The zero-order chi connectivity index (χ0) is 30.1. The molecule has 2 aromatic rings. The summed E-state index contributed by atoms with van der Waals surface area (Å²) in [5.74, 6) is -5.28. The van der Waals surface area contributed by atoms with E-state index in [-0.39, 0.29) is 5.91 Å². The maximum Gasteiger partial charge on any atom is 0.328 e. The molecule has 1 unspecified atom stereocenters. The van der Waals surface area contributed by atoms with E-state index in [1.165, 1.54) is 16.8 Å². The van der Waals surface area contributed by atoms with Crippen LogP contribution in [-0.4, -0.2) is 87.3 Å². The van der Waals surface area contributed by atoms with E-state index in [2.05, 4.69) is 71.3 Å². The van der Waals surface area contributed by atoms with Gasteiger partial charge in [0.2, 0.25) is 5.91 Å². The highest BCUT2D eigenvalue weighted by Gasteiger charge is 2.25. The lowest BCUT2D eigenvalue weighted by molar-refractivity contribution is -0.134. The van der Waals surface area contributed by atoms with Gasteiger partial charge in [0.1, 0.15) is 0 Å². The first kappa shape index (κ1) is 33.1. The van der Waals surface area contributed by atoms with Gasteiger partial charge in [-0.05, 0) is 30.5 Å². The van der Waals surface area contributed by atoms with E-state index in [1.807, 2.05) is 0 Å². The molecule has 40 heavy (non-hydrogen) atoms. The molecule has 2 aromatic carbocycles. The first-order valence-electron chi connectivity index (χ1n) is 12.1. The fraction of sp³-hybridized carbons (Fsp3) is 0.250. The van der Waals surface area contributed by atoms with Crippen molar-refractivity contribution < 1.29 is 44.4 Å². The quantitative estimate of drug-likeness (QED) is 0.282. The first-order chi connectivity index (χ1) is 18.9. The van der Waals surface area contributed by atoms with Gasteiger partial charge in [0, 0.05) is 55.7 Å². The van der Waals surface area contributed by atoms with Gasteiger partial charge >= 0.3 is 23.9 Å². The highest BCUT2D eigenvalue weighted by Crippen LogP contribution is 2.26. The zero-order valence-corrected chi connectivity index (χ0v) is 21.9. The third kappa shape index (κ3) is 14.1. The summed E-state index contributed by atoms with van der Waals surface area (Å²) in [6.07, 6.45) is 3.17. The van der Waals surface area contributed by atoms with E-state index in [0.29, 0.717) is 36.9 Å². The molecule has 0 radical (unpaired) electrons. The maximum atomic E-state index is 11.1. The fourth-order valence-corrected chi connectivity index (χ4v) is 3.80. The van der Waals surface area contributed by atoms with Gasteiger partial charge in [-0.15, -0.1) is 0 Å². The Morgan fingerprint density at radius 1 is 0.775 bits per heavy atom. The Hall–Kier alpha value is -4.97. The second-order valence-corrected chi connectivity index (χ2v) is 8.55. The monoisotopic (exact) mass is 555 g/mol. The van der Waals surface area contributed by atoms with Gasteiger partial charge in [0.25, 0.3) is 0 Å². The number of amides is 1. The average Bonchev–Trinajstić information content (AvgIpc) is 2.88. The Bertz CT molecular complexity index is 1150. The Morgan fingerprint density at radius 2 is 1.25 bits per heavy atom. The van der Waals surface area contributed by atoms with Crippen LogP contribution < -0.4 is 10.6 Å². The highest BCUT2D eigenvalue weighted by atomic mass is 16.4. The molecule has 12 nitrogen and oxygen atoms in total. The van der Waals surface area contributed by atoms with E-state index in [1.54, 1.807) is 0 Å². The van der Waals surface area contributed by atoms with Crippen molar-refractivity contribution in [3.8, 4) is 0 Å². The van der Waals surface area contributed by atoms with Gasteiger partial charge in [-0.25, -0.2) is 19.2 Å². The van der Waals surface area contributed by atoms with Crippen molar-refractivity contribution in [3.05, 3.63) is 90.0 Å². The molecule has 12 heteroatoms. The highest BCUT2D eigenvalue weighted by molar-refractivity contribution is 5.90. The van der Waals surface area contributed by atoms with E-state index < -0.39 is 23.9 Å². The zero-order valence-electron chi connectivity index (χ0n) is 21.9. The Balaban J connectivity index is 0.000000412. The van der Waals surface area contributed by atoms with E-state index in [9.17, 15) is 24.0 Å². The van der Waals surface area contributed by atoms with Crippen LogP contribution in [0.5, 0.6) is 0 Å². The number of carboxylic acids is 4. The molecular weight excluding hydrogens is 522 g/mol. The summed E-state index contributed by atoms with van der Waals surface area (Å²) in [5.41, 5.74) is 9.30. The number of carboxylic acid groups (broad SMARTS) is 4. The minimum Gasteiger partial charge on any atom is -0.478 e. The van der Waals surface area contributed by atoms with Crippen molar-refractivity contribution in [1.82, 2.24) is 4.90 Å². The Kier molecular flexibility index (Phi) is 14.5. The van der Waals surface area contributed by atoms with Crippen LogP contribution in [0.1, 0.15) is 18.1 Å². The lowest BCUT2D eigenvalue weighted by atomic mass is 10.0. The smallest absolute Gasteiger partial charge is 0.328 e. The van der Waals surface area contributed by atoms with Crippen molar-refractivity contribution >= 4 is 35.5 Å². The van der Waals surface area contributed by atoms with Crippen molar-refractivity contribution in [2.24, 2.45) is 5.73 Å². The number of piperazine rings is 1. The van der Waals surface area contributed by atoms with E-state index >= 15 is 0 Å². The topological polar surface area (TPSA) is 199 Å². The second kappa shape index (κ2) is 17.5. The molecular formula is C28H33N3O9. The van der Waals surface area contributed by atoms with Crippen molar-refractivity contribution in [3.63, 3.8) is 0 Å². The predicted molar refractivity (Wildman–Crippen MR) is 147 cm³/mol. The maximum absolute atomic E-state index is 11.1. The standard InChI is InChI=1S/C20H25N3O.2C4H4O4/c1-16-14-22(15-20(21)24)11-12-23(16)19-10-6-5-9-18(19)13-17-7-3-2-4-8-17;2*5-3(6)1-2-4(7)8/h2-10,16H,11-15H2,1H3,(H2,21,24);2*1-2H,(H,5,6)(H,7,8)/b;2*2-1+. The van der Waals surface area contributed by atoms with Gasteiger partial charge in [-0.3, -0.25) is 9.69 Å². The third-order valence-corrected chi connectivity index (χ3v) is 5.37. The van der Waals surface area contributed by atoms with Gasteiger partial charge in [0.05, 0.1) is 6.54 Å². The normalized spacial score (nSPS) is 14.9. The van der Waals surface area contributed by atoms with Crippen LogP contribution in [0.2, 0.25) is 0 Å². The van der Waals surface area contributed by atoms with Crippen LogP contribution in [0.3, 0.4) is 0 Å². The minimum absolute atomic E-state index is 0.250. The fourth-order valence-electron chi connectivity index (χ4n) is 3.80. The molecule has 1 aliphatic rings. The molecule has 1 amide bonds. The Morgan fingerprint density at radius 3 is 1.70 bits per heavy atom. The van der Waals surface area contributed by atoms with Crippen LogP contribution in [0.4, 0.5) is 5.69 Å². The summed E-state index contributed by atoms with van der Waals surface area (Å²) in [7, 11) is 0. The van der Waals surface area contributed by atoms with Crippen LogP contribution in [-0.2, 0) is 30.4 Å². The van der Waals surface area contributed by atoms with Crippen LogP contribution in [0.25, 0.3) is 0 Å². The second-order valence-electron chi connectivity index (χ2n) is 8.55. The van der Waals surface area contributed by atoms with Crippen LogP contribution >= 0.6 is 0 Å². The van der Waals surface area contributed by atoms with Gasteiger partial charge in [-0.1, -0.05) is 48.5 Å². The number of primary amides is 1. The molecule has 1 aliphatic heterocycles. The predicted octanol–water partition coefficient (Wildman–Crippen LogP) is 1.70. The molecule has 0 spiro atoms. The number of hydrogen-bond donors (Lipinski definition) is 5. The van der Waals surface area contributed by atoms with Gasteiger partial charge in [0.15, 0.2) is 0 Å². The van der Waals surface area contributed by atoms with Gasteiger partial charge in [-0.2, -0.15) is 0 Å². The van der Waals surface area contributed by atoms with Crippen molar-refractivity contribution in [1.29, 1.82) is 0 Å². The number of para-hydroxylation sites is 1. The number of carbonyl (C=O) groups is 5. The molecule has 0 aromatic heterocycles.